The molecule has 0 saturated heterocycles. The van der Waals surface area contributed by atoms with Crippen LogP contribution in [0.3, 0.4) is 0 Å². The third-order valence-electron chi connectivity index (χ3n) is 6.30. The number of carbonyl (C=O) groups excluding carboxylic acids is 1. The molecule has 32 heavy (non-hydrogen) atoms. The number of imidazole rings is 1. The van der Waals surface area contributed by atoms with Crippen LogP contribution in [0.5, 0.6) is 0 Å². The first-order chi connectivity index (χ1) is 14.9. The highest BCUT2D eigenvalue weighted by Crippen LogP contribution is 2.44. The lowest BCUT2D eigenvalue weighted by molar-refractivity contribution is -0.141. The molecule has 2 fully saturated rings. The van der Waals surface area contributed by atoms with Crippen LogP contribution in [0.25, 0.3) is 5.65 Å². The Kier molecular flexibility index (Phi) is 5.60. The summed E-state index contributed by atoms with van der Waals surface area (Å²) in [5, 5.41) is 11.6. The summed E-state index contributed by atoms with van der Waals surface area (Å²) in [5.74, 6) is -3.70. The van der Waals surface area contributed by atoms with Gasteiger partial charge in [0.05, 0.1) is 17.2 Å². The van der Waals surface area contributed by atoms with Crippen molar-refractivity contribution in [1.82, 2.24) is 14.7 Å². The molecular weight excluding hydrogens is 455 g/mol. The lowest BCUT2D eigenvalue weighted by Gasteiger charge is -2.28. The van der Waals surface area contributed by atoms with Gasteiger partial charge in [0.1, 0.15) is 10.8 Å². The zero-order chi connectivity index (χ0) is 23.3. The number of aromatic nitrogens is 2. The first-order valence-corrected chi connectivity index (χ1v) is 10.7. The van der Waals surface area contributed by atoms with Crippen LogP contribution in [-0.2, 0) is 12.6 Å². The van der Waals surface area contributed by atoms with E-state index in [4.69, 9.17) is 16.9 Å². The summed E-state index contributed by atoms with van der Waals surface area (Å²) in [4.78, 5) is 16.2. The number of amides is 1. The lowest BCUT2D eigenvalue weighted by atomic mass is 9.83. The Morgan fingerprint density at radius 2 is 1.91 bits per heavy atom. The number of nitrogens with zero attached hydrogens (tertiary/aromatic N) is 3. The number of alkyl halides is 5. The fourth-order valence-electron chi connectivity index (χ4n) is 4.14. The molecule has 11 heteroatoms. The highest BCUT2D eigenvalue weighted by atomic mass is 35.5. The molecule has 2 aromatic rings. The normalized spacial score (nSPS) is 20.2. The SMILES string of the molecule is N#CC1(CNC(=O)c2cc(Cl)n3c(CC4CCC(F)(F)CC4)c(C(F)(F)F)nc3c2)CC1. The van der Waals surface area contributed by atoms with E-state index >= 15 is 0 Å². The summed E-state index contributed by atoms with van der Waals surface area (Å²) in [5.41, 5.74) is -2.02. The molecule has 5 nitrogen and oxygen atoms in total. The van der Waals surface area contributed by atoms with Gasteiger partial charge < -0.3 is 5.32 Å². The van der Waals surface area contributed by atoms with E-state index in [-0.39, 0.29) is 66.6 Å². The number of hydrogen-bond donors (Lipinski definition) is 1. The first-order valence-electron chi connectivity index (χ1n) is 10.3. The first kappa shape index (κ1) is 22.8. The number of fused-ring (bicyclic) bond motifs is 1. The summed E-state index contributed by atoms with van der Waals surface area (Å²) < 4.78 is 69.1. The minimum Gasteiger partial charge on any atom is -0.350 e. The van der Waals surface area contributed by atoms with Gasteiger partial charge in [-0.2, -0.15) is 18.4 Å². The molecule has 1 amide bonds. The Morgan fingerprint density at radius 1 is 1.25 bits per heavy atom. The molecule has 2 heterocycles. The van der Waals surface area contributed by atoms with E-state index in [1.807, 2.05) is 0 Å². The van der Waals surface area contributed by atoms with Crippen molar-refractivity contribution in [3.63, 3.8) is 0 Å². The molecule has 0 bridgehead atoms. The predicted molar refractivity (Wildman–Crippen MR) is 105 cm³/mol. The predicted octanol–water partition coefficient (Wildman–Crippen LogP) is 5.41. The average molecular weight is 475 g/mol. The van der Waals surface area contributed by atoms with E-state index in [1.165, 1.54) is 12.1 Å². The van der Waals surface area contributed by atoms with Gasteiger partial charge in [0.2, 0.25) is 5.92 Å². The molecule has 0 aliphatic heterocycles. The van der Waals surface area contributed by atoms with Gasteiger partial charge in [-0.15, -0.1) is 0 Å². The Hall–Kier alpha value is -2.41. The van der Waals surface area contributed by atoms with Crippen LogP contribution < -0.4 is 5.32 Å². The van der Waals surface area contributed by atoms with Gasteiger partial charge in [-0.05, 0) is 50.2 Å². The monoisotopic (exact) mass is 474 g/mol. The van der Waals surface area contributed by atoms with E-state index in [9.17, 15) is 26.7 Å². The van der Waals surface area contributed by atoms with Crippen LogP contribution in [-0.4, -0.2) is 27.8 Å². The third-order valence-corrected chi connectivity index (χ3v) is 6.58. The largest absolute Gasteiger partial charge is 0.435 e. The highest BCUT2D eigenvalue weighted by molar-refractivity contribution is 6.30. The lowest BCUT2D eigenvalue weighted by Crippen LogP contribution is -2.29. The van der Waals surface area contributed by atoms with Crippen LogP contribution in [0.1, 0.15) is 60.3 Å². The van der Waals surface area contributed by atoms with Crippen LogP contribution in [0, 0.1) is 22.7 Å². The molecular formula is C21H20ClF5N4O. The molecule has 4 rings (SSSR count). The van der Waals surface area contributed by atoms with Gasteiger partial charge in [-0.1, -0.05) is 11.6 Å². The van der Waals surface area contributed by atoms with Crippen molar-refractivity contribution in [3.8, 4) is 6.07 Å². The number of halogens is 6. The summed E-state index contributed by atoms with van der Waals surface area (Å²) in [6.07, 6.45) is -4.02. The molecule has 1 N–H and O–H groups in total. The number of pyridine rings is 1. The standard InChI is InChI=1S/C21H20ClF5N4O/c22-15-8-13(18(32)29-11-19(10-28)5-6-19)9-16-30-17(21(25,26)27)14(31(15)16)7-12-1-3-20(23,24)4-2-12/h8-9,12H,1-7,11H2,(H,29,32). The molecule has 172 valence electrons. The average Bonchev–Trinajstić information content (AvgIpc) is 3.40. The van der Waals surface area contributed by atoms with Gasteiger partial charge in [0, 0.05) is 24.9 Å². The van der Waals surface area contributed by atoms with Crippen LogP contribution in [0.15, 0.2) is 12.1 Å². The van der Waals surface area contributed by atoms with Crippen molar-refractivity contribution in [2.75, 3.05) is 6.54 Å². The zero-order valence-corrected chi connectivity index (χ0v) is 17.7. The highest BCUT2D eigenvalue weighted by Gasteiger charge is 2.43. The van der Waals surface area contributed by atoms with E-state index in [0.717, 1.165) is 4.40 Å². The molecule has 0 spiro atoms. The summed E-state index contributed by atoms with van der Waals surface area (Å²) in [7, 11) is 0. The Balaban J connectivity index is 1.64. The van der Waals surface area contributed by atoms with Crippen LogP contribution in [0.4, 0.5) is 22.0 Å². The minimum atomic E-state index is -4.77. The zero-order valence-electron chi connectivity index (χ0n) is 16.9. The minimum absolute atomic E-state index is 0.0267. The summed E-state index contributed by atoms with van der Waals surface area (Å²) in [6, 6.07) is 4.60. The fraction of sp³-hybridized carbons (Fsp3) is 0.571. The maximum absolute atomic E-state index is 13.7. The van der Waals surface area contributed by atoms with Crippen molar-refractivity contribution in [3.05, 3.63) is 34.2 Å². The van der Waals surface area contributed by atoms with Gasteiger partial charge in [-0.25, -0.2) is 13.8 Å². The molecule has 2 aliphatic carbocycles. The molecule has 2 aliphatic rings. The van der Waals surface area contributed by atoms with E-state index in [1.54, 1.807) is 0 Å². The number of nitriles is 1. The maximum Gasteiger partial charge on any atom is 0.435 e. The molecule has 0 atom stereocenters. The third kappa shape index (κ3) is 4.53. The van der Waals surface area contributed by atoms with Crippen LogP contribution in [0.2, 0.25) is 5.15 Å². The van der Waals surface area contributed by atoms with Gasteiger partial charge >= 0.3 is 6.18 Å². The Labute approximate surface area is 185 Å². The van der Waals surface area contributed by atoms with E-state index in [0.29, 0.717) is 12.8 Å². The molecule has 2 saturated carbocycles. The van der Waals surface area contributed by atoms with Gasteiger partial charge in [0.25, 0.3) is 5.91 Å². The molecule has 0 unspecified atom stereocenters. The second-order valence-corrected chi connectivity index (χ2v) is 9.13. The number of carbonyl (C=O) groups is 1. The summed E-state index contributed by atoms with van der Waals surface area (Å²) in [6.45, 7) is 0.144. The van der Waals surface area contributed by atoms with Crippen molar-refractivity contribution < 1.29 is 26.7 Å². The fourth-order valence-corrected chi connectivity index (χ4v) is 4.44. The van der Waals surface area contributed by atoms with Crippen molar-refractivity contribution in [2.45, 2.75) is 57.0 Å². The maximum atomic E-state index is 13.7. The van der Waals surface area contributed by atoms with Gasteiger partial charge in [0.15, 0.2) is 5.69 Å². The van der Waals surface area contributed by atoms with Crippen LogP contribution >= 0.6 is 11.6 Å². The topological polar surface area (TPSA) is 70.2 Å². The second kappa shape index (κ2) is 7.87. The quantitative estimate of drug-likeness (QED) is 0.465. The van der Waals surface area contributed by atoms with E-state index < -0.39 is 29.1 Å². The smallest absolute Gasteiger partial charge is 0.350 e. The Bertz CT molecular complexity index is 1090. The molecule has 0 radical (unpaired) electrons. The summed E-state index contributed by atoms with van der Waals surface area (Å²) >= 11 is 6.27. The number of rotatable bonds is 5. The number of hydrogen-bond acceptors (Lipinski definition) is 3. The van der Waals surface area contributed by atoms with E-state index in [2.05, 4.69) is 16.4 Å². The van der Waals surface area contributed by atoms with Crippen molar-refractivity contribution >= 4 is 23.2 Å². The second-order valence-electron chi connectivity index (χ2n) is 8.74. The Morgan fingerprint density at radius 3 is 2.47 bits per heavy atom. The molecule has 0 aromatic carbocycles. The van der Waals surface area contributed by atoms with Gasteiger partial charge in [-0.3, -0.25) is 9.20 Å². The van der Waals surface area contributed by atoms with Crippen molar-refractivity contribution in [1.29, 1.82) is 5.26 Å². The number of nitrogens with one attached hydrogen (secondary N) is 1. The van der Waals surface area contributed by atoms with Crippen molar-refractivity contribution in [2.24, 2.45) is 11.3 Å². The molecule has 2 aromatic heterocycles.